The minimum Gasteiger partial charge on any atom is -0.323 e. The van der Waals surface area contributed by atoms with Crippen molar-refractivity contribution >= 4 is 39.3 Å². The number of hydrogen-bond donors (Lipinski definition) is 2. The van der Waals surface area contributed by atoms with Crippen molar-refractivity contribution < 1.29 is 9.18 Å². The molecule has 0 aliphatic carbocycles. The fourth-order valence-electron chi connectivity index (χ4n) is 1.85. The van der Waals surface area contributed by atoms with Gasteiger partial charge in [-0.3, -0.25) is 9.59 Å². The first-order chi connectivity index (χ1) is 11.0. The minimum absolute atomic E-state index is 0.0218. The predicted octanol–water partition coefficient (Wildman–Crippen LogP) is 3.35. The molecule has 0 saturated carbocycles. The summed E-state index contributed by atoms with van der Waals surface area (Å²) in [6.07, 6.45) is 1.58. The van der Waals surface area contributed by atoms with Crippen molar-refractivity contribution in [3.05, 3.63) is 50.6 Å². The SMILES string of the molecule is CCCc1cc(=O)[nH]c(SCC(=O)Nc2ccc(Br)cc2F)n1. The number of aromatic nitrogens is 2. The van der Waals surface area contributed by atoms with Gasteiger partial charge in [0.1, 0.15) is 5.82 Å². The van der Waals surface area contributed by atoms with Gasteiger partial charge in [-0.15, -0.1) is 0 Å². The van der Waals surface area contributed by atoms with E-state index in [2.05, 4.69) is 31.2 Å². The van der Waals surface area contributed by atoms with Crippen LogP contribution >= 0.6 is 27.7 Å². The first kappa shape index (κ1) is 17.7. The highest BCUT2D eigenvalue weighted by Gasteiger charge is 2.09. The molecule has 0 radical (unpaired) electrons. The van der Waals surface area contributed by atoms with E-state index in [9.17, 15) is 14.0 Å². The molecule has 122 valence electrons. The summed E-state index contributed by atoms with van der Waals surface area (Å²) >= 11 is 4.25. The number of benzene rings is 1. The Morgan fingerprint density at radius 1 is 1.43 bits per heavy atom. The molecule has 1 aromatic heterocycles. The van der Waals surface area contributed by atoms with Gasteiger partial charge in [-0.25, -0.2) is 9.37 Å². The van der Waals surface area contributed by atoms with Crippen LogP contribution in [0.5, 0.6) is 0 Å². The van der Waals surface area contributed by atoms with Crippen molar-refractivity contribution in [3.63, 3.8) is 0 Å². The van der Waals surface area contributed by atoms with Crippen molar-refractivity contribution in [1.82, 2.24) is 9.97 Å². The van der Waals surface area contributed by atoms with Gasteiger partial charge in [0, 0.05) is 16.2 Å². The molecule has 0 saturated heterocycles. The normalized spacial score (nSPS) is 10.6. The molecule has 0 unspecified atom stereocenters. The molecular weight excluding hydrogens is 385 g/mol. The first-order valence-electron chi connectivity index (χ1n) is 6.96. The summed E-state index contributed by atoms with van der Waals surface area (Å²) in [6.45, 7) is 2.00. The zero-order chi connectivity index (χ0) is 16.8. The molecular formula is C15H15BrFN3O2S. The summed E-state index contributed by atoms with van der Waals surface area (Å²) in [7, 11) is 0. The lowest BCUT2D eigenvalue weighted by molar-refractivity contribution is -0.113. The van der Waals surface area contributed by atoms with Crippen LogP contribution in [0.2, 0.25) is 0 Å². The lowest BCUT2D eigenvalue weighted by Gasteiger charge is -2.07. The zero-order valence-corrected chi connectivity index (χ0v) is 14.8. The number of carbonyl (C=O) groups excluding carboxylic acids is 1. The van der Waals surface area contributed by atoms with Gasteiger partial charge in [-0.05, 0) is 24.6 Å². The van der Waals surface area contributed by atoms with E-state index in [-0.39, 0.29) is 22.9 Å². The number of hydrogen-bond acceptors (Lipinski definition) is 4. The molecule has 2 rings (SSSR count). The Labute approximate surface area is 145 Å². The van der Waals surface area contributed by atoms with E-state index in [1.54, 1.807) is 6.07 Å². The summed E-state index contributed by atoms with van der Waals surface area (Å²) in [5.41, 5.74) is 0.559. The Hall–Kier alpha value is -1.67. The van der Waals surface area contributed by atoms with Crippen molar-refractivity contribution in [3.8, 4) is 0 Å². The number of halogens is 2. The molecule has 2 aromatic rings. The number of nitrogens with zero attached hydrogens (tertiary/aromatic N) is 1. The largest absolute Gasteiger partial charge is 0.323 e. The Balaban J connectivity index is 1.97. The number of H-pyrrole nitrogens is 1. The Kier molecular flexibility index (Phi) is 6.35. The summed E-state index contributed by atoms with van der Waals surface area (Å²) in [5.74, 6) is -0.873. The molecule has 0 bridgehead atoms. The molecule has 2 N–H and O–H groups in total. The topological polar surface area (TPSA) is 74.8 Å². The van der Waals surface area contributed by atoms with Crippen LogP contribution in [0.1, 0.15) is 19.0 Å². The smallest absolute Gasteiger partial charge is 0.251 e. The number of thioether (sulfide) groups is 1. The van der Waals surface area contributed by atoms with Gasteiger partial charge in [-0.2, -0.15) is 0 Å². The number of carbonyl (C=O) groups is 1. The van der Waals surface area contributed by atoms with Gasteiger partial charge >= 0.3 is 0 Å². The molecule has 23 heavy (non-hydrogen) atoms. The van der Waals surface area contributed by atoms with Crippen LogP contribution in [-0.2, 0) is 11.2 Å². The minimum atomic E-state index is -0.519. The number of nitrogens with one attached hydrogen (secondary N) is 2. The number of aromatic amines is 1. The predicted molar refractivity (Wildman–Crippen MR) is 92.3 cm³/mol. The third-order valence-electron chi connectivity index (χ3n) is 2.82. The fourth-order valence-corrected chi connectivity index (χ4v) is 2.87. The van der Waals surface area contributed by atoms with Crippen molar-refractivity contribution in [2.75, 3.05) is 11.1 Å². The molecule has 1 heterocycles. The van der Waals surface area contributed by atoms with Crippen LogP contribution in [0.15, 0.2) is 38.7 Å². The molecule has 0 aliphatic heterocycles. The van der Waals surface area contributed by atoms with E-state index < -0.39 is 5.82 Å². The molecule has 0 atom stereocenters. The second kappa shape index (κ2) is 8.26. The lowest BCUT2D eigenvalue weighted by Crippen LogP contribution is -2.16. The van der Waals surface area contributed by atoms with E-state index in [1.165, 1.54) is 18.2 Å². The Morgan fingerprint density at radius 2 is 2.22 bits per heavy atom. The van der Waals surface area contributed by atoms with Crippen LogP contribution in [0.4, 0.5) is 10.1 Å². The Bertz CT molecular complexity index is 767. The zero-order valence-electron chi connectivity index (χ0n) is 12.4. The third kappa shape index (κ3) is 5.47. The molecule has 5 nitrogen and oxygen atoms in total. The van der Waals surface area contributed by atoms with Crippen LogP contribution in [0, 0.1) is 5.82 Å². The van der Waals surface area contributed by atoms with Crippen LogP contribution in [-0.4, -0.2) is 21.6 Å². The highest BCUT2D eigenvalue weighted by molar-refractivity contribution is 9.10. The first-order valence-corrected chi connectivity index (χ1v) is 8.73. The van der Waals surface area contributed by atoms with E-state index in [1.807, 2.05) is 6.92 Å². The highest BCUT2D eigenvalue weighted by atomic mass is 79.9. The van der Waals surface area contributed by atoms with Crippen LogP contribution < -0.4 is 10.9 Å². The van der Waals surface area contributed by atoms with Gasteiger partial charge in [-0.1, -0.05) is 41.0 Å². The van der Waals surface area contributed by atoms with Gasteiger partial charge < -0.3 is 10.3 Å². The van der Waals surface area contributed by atoms with E-state index >= 15 is 0 Å². The molecule has 0 fully saturated rings. The number of amides is 1. The van der Waals surface area contributed by atoms with E-state index in [0.29, 0.717) is 21.7 Å². The highest BCUT2D eigenvalue weighted by Crippen LogP contribution is 2.20. The van der Waals surface area contributed by atoms with Crippen LogP contribution in [0.25, 0.3) is 0 Å². The number of aryl methyl sites for hydroxylation is 1. The molecule has 0 spiro atoms. The second-order valence-electron chi connectivity index (χ2n) is 4.75. The molecule has 1 aromatic carbocycles. The van der Waals surface area contributed by atoms with Gasteiger partial charge in [0.05, 0.1) is 11.4 Å². The molecule has 0 aliphatic rings. The quantitative estimate of drug-likeness (QED) is 0.576. The number of rotatable bonds is 6. The van der Waals surface area contributed by atoms with Crippen molar-refractivity contribution in [2.24, 2.45) is 0 Å². The maximum atomic E-state index is 13.7. The maximum absolute atomic E-state index is 13.7. The molecule has 1 amide bonds. The maximum Gasteiger partial charge on any atom is 0.251 e. The van der Waals surface area contributed by atoms with Gasteiger partial charge in [0.2, 0.25) is 5.91 Å². The van der Waals surface area contributed by atoms with Crippen LogP contribution in [0.3, 0.4) is 0 Å². The summed E-state index contributed by atoms with van der Waals surface area (Å²) in [5, 5.41) is 2.87. The fraction of sp³-hybridized carbons (Fsp3) is 0.267. The van der Waals surface area contributed by atoms with E-state index in [4.69, 9.17) is 0 Å². The Morgan fingerprint density at radius 3 is 2.91 bits per heavy atom. The molecule has 8 heteroatoms. The summed E-state index contributed by atoms with van der Waals surface area (Å²) in [6, 6.07) is 5.84. The van der Waals surface area contributed by atoms with Gasteiger partial charge in [0.25, 0.3) is 5.56 Å². The van der Waals surface area contributed by atoms with Gasteiger partial charge in [0.15, 0.2) is 5.16 Å². The average molecular weight is 400 g/mol. The monoisotopic (exact) mass is 399 g/mol. The summed E-state index contributed by atoms with van der Waals surface area (Å²) < 4.78 is 14.2. The summed E-state index contributed by atoms with van der Waals surface area (Å²) in [4.78, 5) is 30.3. The van der Waals surface area contributed by atoms with Crippen molar-refractivity contribution in [2.45, 2.75) is 24.9 Å². The third-order valence-corrected chi connectivity index (χ3v) is 4.19. The van der Waals surface area contributed by atoms with Crippen molar-refractivity contribution in [1.29, 1.82) is 0 Å². The van der Waals surface area contributed by atoms with E-state index in [0.717, 1.165) is 18.2 Å². The standard InChI is InChI=1S/C15H15BrFN3O2S/c1-2-3-10-7-13(21)20-15(18-10)23-8-14(22)19-12-5-4-9(16)6-11(12)17/h4-7H,2-3,8H2,1H3,(H,19,22)(H,18,20,21). The average Bonchev–Trinajstić information content (AvgIpc) is 2.48. The second-order valence-corrected chi connectivity index (χ2v) is 6.63. The number of anilines is 1. The lowest BCUT2D eigenvalue weighted by atomic mass is 10.2.